The first-order chi connectivity index (χ1) is 11.5. The second kappa shape index (κ2) is 8.45. The number of hydrogen-bond donors (Lipinski definition) is 1. The van der Waals surface area contributed by atoms with Crippen molar-refractivity contribution < 1.29 is 19.0 Å². The first-order valence-electron chi connectivity index (χ1n) is 7.43. The summed E-state index contributed by atoms with van der Waals surface area (Å²) >= 11 is 5.99. The molecule has 0 aliphatic heterocycles. The van der Waals surface area contributed by atoms with E-state index >= 15 is 0 Å². The molecule has 0 aliphatic carbocycles. The highest BCUT2D eigenvalue weighted by Gasteiger charge is 2.15. The summed E-state index contributed by atoms with van der Waals surface area (Å²) in [5.41, 5.74) is 0.851. The van der Waals surface area contributed by atoms with Crippen LogP contribution in [-0.4, -0.2) is 26.7 Å². The molecule has 24 heavy (non-hydrogen) atoms. The molecule has 0 bridgehead atoms. The number of amides is 1. The normalized spacial score (nSPS) is 11.5. The molecule has 1 unspecified atom stereocenters. The zero-order valence-corrected chi connectivity index (χ0v) is 14.6. The molecule has 0 heterocycles. The fourth-order valence-corrected chi connectivity index (χ4v) is 2.43. The van der Waals surface area contributed by atoms with Crippen molar-refractivity contribution in [2.45, 2.75) is 13.0 Å². The highest BCUT2D eigenvalue weighted by Crippen LogP contribution is 2.29. The number of hydrogen-bond acceptors (Lipinski definition) is 4. The molecule has 0 aromatic heterocycles. The van der Waals surface area contributed by atoms with Crippen molar-refractivity contribution in [3.8, 4) is 17.2 Å². The average molecular weight is 350 g/mol. The van der Waals surface area contributed by atoms with Gasteiger partial charge in [0.25, 0.3) is 5.91 Å². The number of rotatable bonds is 7. The maximum absolute atomic E-state index is 12.1. The Balaban J connectivity index is 1.97. The Kier molecular flexibility index (Phi) is 6.32. The van der Waals surface area contributed by atoms with Gasteiger partial charge in [-0.15, -0.1) is 0 Å². The first kappa shape index (κ1) is 17.9. The van der Waals surface area contributed by atoms with Gasteiger partial charge in [0.05, 0.1) is 25.3 Å². The predicted molar refractivity (Wildman–Crippen MR) is 93.1 cm³/mol. The van der Waals surface area contributed by atoms with Gasteiger partial charge in [0.15, 0.2) is 6.61 Å². The summed E-state index contributed by atoms with van der Waals surface area (Å²) in [7, 11) is 3.17. The van der Waals surface area contributed by atoms with Crippen LogP contribution in [0.4, 0.5) is 0 Å². The van der Waals surface area contributed by atoms with Crippen LogP contribution in [0.3, 0.4) is 0 Å². The van der Waals surface area contributed by atoms with E-state index in [-0.39, 0.29) is 18.6 Å². The molecular weight excluding hydrogens is 330 g/mol. The largest absolute Gasteiger partial charge is 0.497 e. The molecule has 1 N–H and O–H groups in total. The van der Waals surface area contributed by atoms with Crippen LogP contribution in [0.15, 0.2) is 42.5 Å². The molecule has 0 fully saturated rings. The Bertz CT molecular complexity index is 705. The van der Waals surface area contributed by atoms with Crippen LogP contribution >= 0.6 is 11.6 Å². The number of carbonyl (C=O) groups is 1. The molecule has 0 radical (unpaired) electrons. The van der Waals surface area contributed by atoms with Gasteiger partial charge in [-0.1, -0.05) is 23.7 Å². The summed E-state index contributed by atoms with van der Waals surface area (Å²) in [5, 5.41) is 3.34. The van der Waals surface area contributed by atoms with Gasteiger partial charge in [0.2, 0.25) is 0 Å². The summed E-state index contributed by atoms with van der Waals surface area (Å²) in [6.45, 7) is 1.75. The van der Waals surface area contributed by atoms with Crippen LogP contribution in [0.25, 0.3) is 0 Å². The van der Waals surface area contributed by atoms with E-state index in [0.29, 0.717) is 22.3 Å². The van der Waals surface area contributed by atoms with Crippen molar-refractivity contribution in [1.29, 1.82) is 0 Å². The Morgan fingerprint density at radius 3 is 2.54 bits per heavy atom. The highest BCUT2D eigenvalue weighted by molar-refractivity contribution is 6.32. The van der Waals surface area contributed by atoms with E-state index in [9.17, 15) is 4.79 Å². The van der Waals surface area contributed by atoms with E-state index in [1.54, 1.807) is 44.6 Å². The van der Waals surface area contributed by atoms with Crippen LogP contribution in [0.2, 0.25) is 5.02 Å². The van der Waals surface area contributed by atoms with Crippen molar-refractivity contribution in [2.24, 2.45) is 0 Å². The van der Waals surface area contributed by atoms with E-state index in [0.717, 1.165) is 5.56 Å². The second-order valence-electron chi connectivity index (χ2n) is 5.12. The number of nitrogens with one attached hydrogen (secondary N) is 1. The summed E-state index contributed by atoms with van der Waals surface area (Å²) in [4.78, 5) is 12.1. The van der Waals surface area contributed by atoms with Crippen LogP contribution in [0.5, 0.6) is 17.2 Å². The molecule has 0 saturated heterocycles. The fourth-order valence-electron chi connectivity index (χ4n) is 2.24. The Morgan fingerprint density at radius 2 is 1.88 bits per heavy atom. The van der Waals surface area contributed by atoms with Crippen LogP contribution < -0.4 is 19.5 Å². The molecule has 2 aromatic carbocycles. The van der Waals surface area contributed by atoms with Gasteiger partial charge >= 0.3 is 0 Å². The van der Waals surface area contributed by atoms with Gasteiger partial charge in [0.1, 0.15) is 17.2 Å². The molecule has 128 valence electrons. The topological polar surface area (TPSA) is 56.8 Å². The van der Waals surface area contributed by atoms with E-state index in [4.69, 9.17) is 25.8 Å². The predicted octanol–water partition coefficient (Wildman–Crippen LogP) is 3.61. The summed E-state index contributed by atoms with van der Waals surface area (Å²) in [5.74, 6) is 1.56. The van der Waals surface area contributed by atoms with Gasteiger partial charge in [-0.25, -0.2) is 0 Å². The maximum Gasteiger partial charge on any atom is 0.258 e. The number of benzene rings is 2. The van der Waals surface area contributed by atoms with Crippen molar-refractivity contribution in [3.05, 3.63) is 53.1 Å². The number of ether oxygens (including phenoxy) is 3. The van der Waals surface area contributed by atoms with Crippen molar-refractivity contribution in [3.63, 3.8) is 0 Å². The van der Waals surface area contributed by atoms with E-state index < -0.39 is 0 Å². The van der Waals surface area contributed by atoms with Gasteiger partial charge in [-0.05, 0) is 31.2 Å². The number of para-hydroxylation sites is 1. The van der Waals surface area contributed by atoms with Crippen LogP contribution in [0, 0.1) is 0 Å². The van der Waals surface area contributed by atoms with Gasteiger partial charge in [-0.3, -0.25) is 4.79 Å². The quantitative estimate of drug-likeness (QED) is 0.829. The molecule has 0 spiro atoms. The second-order valence-corrected chi connectivity index (χ2v) is 5.52. The lowest BCUT2D eigenvalue weighted by atomic mass is 10.1. The van der Waals surface area contributed by atoms with Gasteiger partial charge in [-0.2, -0.15) is 0 Å². The van der Waals surface area contributed by atoms with E-state index in [1.807, 2.05) is 19.1 Å². The lowest BCUT2D eigenvalue weighted by molar-refractivity contribution is -0.123. The third-order valence-corrected chi connectivity index (χ3v) is 3.79. The Labute approximate surface area is 146 Å². The first-order valence-corrected chi connectivity index (χ1v) is 7.81. The summed E-state index contributed by atoms with van der Waals surface area (Å²) in [6.07, 6.45) is 0. The van der Waals surface area contributed by atoms with Gasteiger partial charge in [0, 0.05) is 11.6 Å². The Hall–Kier alpha value is -2.40. The molecule has 2 rings (SSSR count). The molecule has 0 saturated carbocycles. The van der Waals surface area contributed by atoms with Crippen molar-refractivity contribution in [2.75, 3.05) is 20.8 Å². The molecule has 1 amide bonds. The molecule has 2 aromatic rings. The monoisotopic (exact) mass is 349 g/mol. The standard InChI is InChI=1S/C18H20ClNO4/c1-12(14-9-8-13(22-2)10-17(14)23-3)20-18(21)11-24-16-7-5-4-6-15(16)19/h4-10,12H,11H2,1-3H3,(H,20,21). The minimum absolute atomic E-state index is 0.119. The summed E-state index contributed by atoms with van der Waals surface area (Å²) in [6, 6.07) is 12.2. The zero-order chi connectivity index (χ0) is 17.5. The Morgan fingerprint density at radius 1 is 1.12 bits per heavy atom. The average Bonchev–Trinajstić information content (AvgIpc) is 2.60. The third-order valence-electron chi connectivity index (χ3n) is 3.48. The molecule has 6 heteroatoms. The van der Waals surface area contributed by atoms with E-state index in [1.165, 1.54) is 0 Å². The lowest BCUT2D eigenvalue weighted by Gasteiger charge is -2.18. The van der Waals surface area contributed by atoms with Crippen molar-refractivity contribution in [1.82, 2.24) is 5.32 Å². The lowest BCUT2D eigenvalue weighted by Crippen LogP contribution is -2.31. The molecule has 5 nitrogen and oxygen atoms in total. The minimum Gasteiger partial charge on any atom is -0.497 e. The van der Waals surface area contributed by atoms with Gasteiger partial charge < -0.3 is 19.5 Å². The van der Waals surface area contributed by atoms with Crippen molar-refractivity contribution >= 4 is 17.5 Å². The third kappa shape index (κ3) is 4.55. The zero-order valence-electron chi connectivity index (χ0n) is 13.8. The number of halogens is 1. The maximum atomic E-state index is 12.1. The minimum atomic E-state index is -0.250. The molecule has 1 atom stereocenters. The number of carbonyl (C=O) groups excluding carboxylic acids is 1. The SMILES string of the molecule is COc1ccc(C(C)NC(=O)COc2ccccc2Cl)c(OC)c1. The van der Waals surface area contributed by atoms with E-state index in [2.05, 4.69) is 5.32 Å². The fraction of sp³-hybridized carbons (Fsp3) is 0.278. The number of methoxy groups -OCH3 is 2. The molecular formula is C18H20ClNO4. The smallest absolute Gasteiger partial charge is 0.258 e. The van der Waals surface area contributed by atoms with Crippen LogP contribution in [-0.2, 0) is 4.79 Å². The summed E-state index contributed by atoms with van der Waals surface area (Å²) < 4.78 is 16.0. The highest BCUT2D eigenvalue weighted by atomic mass is 35.5. The molecule has 0 aliphatic rings. The van der Waals surface area contributed by atoms with Crippen LogP contribution in [0.1, 0.15) is 18.5 Å².